The largest absolute Gasteiger partial charge is 0.490 e. The van der Waals surface area contributed by atoms with Gasteiger partial charge in [0.25, 0.3) is 0 Å². The first-order chi connectivity index (χ1) is 10.6. The molecule has 0 saturated carbocycles. The van der Waals surface area contributed by atoms with Crippen molar-refractivity contribution in [1.82, 2.24) is 5.32 Å². The van der Waals surface area contributed by atoms with Gasteiger partial charge in [-0.15, -0.1) is 0 Å². The van der Waals surface area contributed by atoms with Crippen LogP contribution in [-0.4, -0.2) is 19.1 Å². The van der Waals surface area contributed by atoms with Crippen LogP contribution in [0.25, 0.3) is 0 Å². The number of aryl methyl sites for hydroxylation is 1. The monoisotopic (exact) mass is 321 g/mol. The first-order valence-corrected chi connectivity index (χ1v) is 7.41. The number of nitrogens with one attached hydrogen (secondary N) is 1. The molecule has 0 bridgehead atoms. The molecule has 0 spiro atoms. The minimum absolute atomic E-state index is 0.0629. The maximum atomic E-state index is 12.8. The van der Waals surface area contributed by atoms with Crippen molar-refractivity contribution < 1.29 is 13.9 Å². The van der Waals surface area contributed by atoms with Crippen molar-refractivity contribution in [2.24, 2.45) is 0 Å². The second kappa shape index (κ2) is 8.39. The van der Waals surface area contributed by atoms with E-state index in [0.717, 1.165) is 5.56 Å². The van der Waals surface area contributed by atoms with Crippen LogP contribution in [0.15, 0.2) is 48.5 Å². The molecule has 0 unspecified atom stereocenters. The number of amides is 1. The molecule has 0 heterocycles. The Morgan fingerprint density at radius 3 is 2.59 bits per heavy atom. The Labute approximate surface area is 134 Å². The van der Waals surface area contributed by atoms with Crippen LogP contribution >= 0.6 is 11.6 Å². The summed E-state index contributed by atoms with van der Waals surface area (Å²) in [6, 6.07) is 13.3. The average Bonchev–Trinajstić information content (AvgIpc) is 2.52. The molecule has 22 heavy (non-hydrogen) atoms. The van der Waals surface area contributed by atoms with Gasteiger partial charge in [-0.25, -0.2) is 4.39 Å². The summed E-state index contributed by atoms with van der Waals surface area (Å²) in [5.41, 5.74) is 0.934. The fourth-order valence-corrected chi connectivity index (χ4v) is 2.10. The van der Waals surface area contributed by atoms with E-state index >= 15 is 0 Å². The van der Waals surface area contributed by atoms with E-state index < -0.39 is 0 Å². The van der Waals surface area contributed by atoms with E-state index in [9.17, 15) is 9.18 Å². The zero-order valence-corrected chi connectivity index (χ0v) is 12.8. The molecule has 0 fully saturated rings. The summed E-state index contributed by atoms with van der Waals surface area (Å²) in [5.74, 6) is 0.265. The molecular formula is C17H17ClFNO2. The molecule has 116 valence electrons. The molecule has 2 aromatic rings. The van der Waals surface area contributed by atoms with Crippen molar-refractivity contribution in [3.05, 3.63) is 64.9 Å². The molecule has 2 rings (SSSR count). The number of benzene rings is 2. The van der Waals surface area contributed by atoms with Gasteiger partial charge >= 0.3 is 0 Å². The van der Waals surface area contributed by atoms with Crippen molar-refractivity contribution in [1.29, 1.82) is 0 Å². The quantitative estimate of drug-likeness (QED) is 0.791. The van der Waals surface area contributed by atoms with Gasteiger partial charge in [0.1, 0.15) is 18.2 Å². The smallest absolute Gasteiger partial charge is 0.220 e. The molecule has 3 nitrogen and oxygen atoms in total. The van der Waals surface area contributed by atoms with Crippen LogP contribution in [0.5, 0.6) is 5.75 Å². The first-order valence-electron chi connectivity index (χ1n) is 7.03. The number of carbonyl (C=O) groups excluding carboxylic acids is 1. The predicted molar refractivity (Wildman–Crippen MR) is 84.7 cm³/mol. The summed E-state index contributed by atoms with van der Waals surface area (Å²) < 4.78 is 18.2. The van der Waals surface area contributed by atoms with E-state index in [1.165, 1.54) is 12.1 Å². The van der Waals surface area contributed by atoms with E-state index in [4.69, 9.17) is 16.3 Å². The molecule has 0 aromatic heterocycles. The standard InChI is InChI=1S/C17H17ClFNO2/c18-15-3-1-2-4-16(15)22-12-11-20-17(21)10-7-13-5-8-14(19)9-6-13/h1-6,8-9H,7,10-12H2,(H,20,21). The fourth-order valence-electron chi connectivity index (χ4n) is 1.91. The normalized spacial score (nSPS) is 10.3. The van der Waals surface area contributed by atoms with Gasteiger partial charge in [0.15, 0.2) is 0 Å². The van der Waals surface area contributed by atoms with Gasteiger partial charge in [-0.3, -0.25) is 4.79 Å². The molecule has 2 aromatic carbocycles. The van der Waals surface area contributed by atoms with Gasteiger partial charge in [-0.2, -0.15) is 0 Å². The van der Waals surface area contributed by atoms with E-state index in [2.05, 4.69) is 5.32 Å². The molecule has 1 amide bonds. The third-order valence-electron chi connectivity index (χ3n) is 3.07. The summed E-state index contributed by atoms with van der Waals surface area (Å²) in [5, 5.41) is 3.32. The molecule has 1 N–H and O–H groups in total. The summed E-state index contributed by atoms with van der Waals surface area (Å²) in [4.78, 5) is 11.7. The number of ether oxygens (including phenoxy) is 1. The third kappa shape index (κ3) is 5.37. The van der Waals surface area contributed by atoms with Crippen LogP contribution in [0.4, 0.5) is 4.39 Å². The number of rotatable bonds is 7. The summed E-state index contributed by atoms with van der Waals surface area (Å²) in [6.45, 7) is 0.763. The number of hydrogen-bond donors (Lipinski definition) is 1. The lowest BCUT2D eigenvalue weighted by molar-refractivity contribution is -0.121. The van der Waals surface area contributed by atoms with Gasteiger partial charge in [-0.05, 0) is 36.2 Å². The molecule has 5 heteroatoms. The minimum atomic E-state index is -0.273. The maximum Gasteiger partial charge on any atom is 0.220 e. The second-order valence-corrected chi connectivity index (χ2v) is 5.16. The SMILES string of the molecule is O=C(CCc1ccc(F)cc1)NCCOc1ccccc1Cl. The van der Waals surface area contributed by atoms with Crippen LogP contribution in [0.3, 0.4) is 0 Å². The lowest BCUT2D eigenvalue weighted by atomic mass is 10.1. The topological polar surface area (TPSA) is 38.3 Å². The Morgan fingerprint density at radius 1 is 1.14 bits per heavy atom. The molecule has 0 aliphatic heterocycles. The third-order valence-corrected chi connectivity index (χ3v) is 3.38. The molecule has 0 aliphatic carbocycles. The number of hydrogen-bond acceptors (Lipinski definition) is 2. The van der Waals surface area contributed by atoms with E-state index in [1.807, 2.05) is 12.1 Å². The van der Waals surface area contributed by atoms with Gasteiger partial charge < -0.3 is 10.1 Å². The van der Waals surface area contributed by atoms with Crippen LogP contribution in [0.1, 0.15) is 12.0 Å². The van der Waals surface area contributed by atoms with Gasteiger partial charge in [0, 0.05) is 6.42 Å². The molecular weight excluding hydrogens is 305 g/mol. The van der Waals surface area contributed by atoms with Crippen molar-refractivity contribution in [3.8, 4) is 5.75 Å². The number of carbonyl (C=O) groups is 1. The predicted octanol–water partition coefficient (Wildman–Crippen LogP) is 3.61. The maximum absolute atomic E-state index is 12.8. The Morgan fingerprint density at radius 2 is 1.86 bits per heavy atom. The highest BCUT2D eigenvalue weighted by molar-refractivity contribution is 6.32. The Hall–Kier alpha value is -2.07. The van der Waals surface area contributed by atoms with Crippen molar-refractivity contribution >= 4 is 17.5 Å². The zero-order valence-electron chi connectivity index (χ0n) is 12.0. The molecule has 0 radical (unpaired) electrons. The first kappa shape index (κ1) is 16.3. The highest BCUT2D eigenvalue weighted by Gasteiger charge is 2.03. The Bertz CT molecular complexity index is 616. The van der Waals surface area contributed by atoms with Crippen LogP contribution < -0.4 is 10.1 Å². The van der Waals surface area contributed by atoms with Crippen LogP contribution in [-0.2, 0) is 11.2 Å². The summed E-state index contributed by atoms with van der Waals surface area (Å²) in [7, 11) is 0. The van der Waals surface area contributed by atoms with Crippen LogP contribution in [0, 0.1) is 5.82 Å². The molecule has 0 aliphatic rings. The van der Waals surface area contributed by atoms with E-state index in [1.54, 1.807) is 24.3 Å². The lowest BCUT2D eigenvalue weighted by Gasteiger charge is -2.09. The van der Waals surface area contributed by atoms with Crippen LogP contribution in [0.2, 0.25) is 5.02 Å². The highest BCUT2D eigenvalue weighted by Crippen LogP contribution is 2.22. The Kier molecular flexibility index (Phi) is 6.22. The Balaban J connectivity index is 1.64. The van der Waals surface area contributed by atoms with Crippen molar-refractivity contribution in [3.63, 3.8) is 0 Å². The molecule has 0 saturated heterocycles. The number of halogens is 2. The second-order valence-electron chi connectivity index (χ2n) is 4.76. The van der Waals surface area contributed by atoms with Gasteiger partial charge in [0.05, 0.1) is 11.6 Å². The average molecular weight is 322 g/mol. The van der Waals surface area contributed by atoms with Gasteiger partial charge in [0.2, 0.25) is 5.91 Å². The fraction of sp³-hybridized carbons (Fsp3) is 0.235. The highest BCUT2D eigenvalue weighted by atomic mass is 35.5. The summed E-state index contributed by atoms with van der Waals surface area (Å²) >= 11 is 5.96. The lowest BCUT2D eigenvalue weighted by Crippen LogP contribution is -2.28. The van der Waals surface area contributed by atoms with Crippen molar-refractivity contribution in [2.75, 3.05) is 13.2 Å². The molecule has 0 atom stereocenters. The van der Waals surface area contributed by atoms with Gasteiger partial charge in [-0.1, -0.05) is 35.9 Å². The number of para-hydroxylation sites is 1. The minimum Gasteiger partial charge on any atom is -0.490 e. The zero-order chi connectivity index (χ0) is 15.8. The summed E-state index contributed by atoms with van der Waals surface area (Å²) in [6.07, 6.45) is 0.940. The van der Waals surface area contributed by atoms with E-state index in [0.29, 0.717) is 36.8 Å². The van der Waals surface area contributed by atoms with E-state index in [-0.39, 0.29) is 11.7 Å². The van der Waals surface area contributed by atoms with Crippen molar-refractivity contribution in [2.45, 2.75) is 12.8 Å².